The van der Waals surface area contributed by atoms with Gasteiger partial charge in [-0.1, -0.05) is 18.2 Å². The van der Waals surface area contributed by atoms with E-state index in [1.807, 2.05) is 0 Å². The van der Waals surface area contributed by atoms with E-state index in [2.05, 4.69) is 4.98 Å². The Balaban J connectivity index is 2.34. The second kappa shape index (κ2) is 5.14. The molecule has 0 saturated heterocycles. The largest absolute Gasteiger partial charge is 0.481 e. The Kier molecular flexibility index (Phi) is 3.58. The molecule has 0 aliphatic rings. The monoisotopic (exact) mass is 247 g/mol. The van der Waals surface area contributed by atoms with E-state index in [0.717, 1.165) is 0 Å². The van der Waals surface area contributed by atoms with Crippen molar-refractivity contribution in [3.8, 4) is 5.88 Å². The number of hydrogen-bond donors (Lipinski definition) is 1. The summed E-state index contributed by atoms with van der Waals surface area (Å²) in [6, 6.07) is 9.73. The lowest BCUT2D eigenvalue weighted by atomic mass is 10.0. The van der Waals surface area contributed by atoms with Crippen molar-refractivity contribution in [3.63, 3.8) is 0 Å². The van der Waals surface area contributed by atoms with Crippen LogP contribution in [0.4, 0.5) is 4.39 Å². The van der Waals surface area contributed by atoms with Crippen LogP contribution in [0.1, 0.15) is 22.9 Å². The van der Waals surface area contributed by atoms with Crippen molar-refractivity contribution in [1.29, 1.82) is 0 Å². The van der Waals surface area contributed by atoms with Crippen LogP contribution in [-0.4, -0.2) is 17.2 Å². The molecule has 0 fully saturated rings. The van der Waals surface area contributed by atoms with E-state index in [1.54, 1.807) is 37.3 Å². The number of hydrogen-bond acceptors (Lipinski definition) is 3. The van der Waals surface area contributed by atoms with Crippen LogP contribution in [0, 0.1) is 12.7 Å². The first-order valence-corrected chi connectivity index (χ1v) is 5.57. The van der Waals surface area contributed by atoms with Gasteiger partial charge in [0.25, 0.3) is 0 Å². The molecule has 1 heterocycles. The predicted octanol–water partition coefficient (Wildman–Crippen LogP) is 2.62. The first-order valence-electron chi connectivity index (χ1n) is 5.57. The molecule has 0 saturated carbocycles. The van der Waals surface area contributed by atoms with Crippen molar-refractivity contribution in [2.24, 2.45) is 0 Å². The predicted molar refractivity (Wildman–Crippen MR) is 66.0 cm³/mol. The number of rotatable bonds is 3. The normalized spacial score (nSPS) is 12.2. The number of ether oxygens (including phenoxy) is 1. The molecule has 1 atom stereocenters. The van der Waals surface area contributed by atoms with Crippen molar-refractivity contribution in [2.75, 3.05) is 7.11 Å². The number of pyridine rings is 1. The van der Waals surface area contributed by atoms with Crippen LogP contribution in [0.25, 0.3) is 0 Å². The maximum absolute atomic E-state index is 13.4. The number of nitrogens with zero attached hydrogens (tertiary/aromatic N) is 1. The Bertz CT molecular complexity index is 557. The molecule has 3 nitrogen and oxygen atoms in total. The van der Waals surface area contributed by atoms with E-state index in [4.69, 9.17) is 4.74 Å². The fourth-order valence-electron chi connectivity index (χ4n) is 1.65. The topological polar surface area (TPSA) is 42.4 Å². The Hall–Kier alpha value is -1.94. The third kappa shape index (κ3) is 2.49. The van der Waals surface area contributed by atoms with Crippen molar-refractivity contribution >= 4 is 0 Å². The van der Waals surface area contributed by atoms with Gasteiger partial charge in [0.2, 0.25) is 5.88 Å². The number of aryl methyl sites for hydroxylation is 1. The minimum Gasteiger partial charge on any atom is -0.481 e. The van der Waals surface area contributed by atoms with Crippen LogP contribution in [0.15, 0.2) is 36.4 Å². The highest BCUT2D eigenvalue weighted by atomic mass is 19.1. The molecule has 4 heteroatoms. The van der Waals surface area contributed by atoms with Gasteiger partial charge in [-0.2, -0.15) is 0 Å². The lowest BCUT2D eigenvalue weighted by Gasteiger charge is -2.12. The van der Waals surface area contributed by atoms with Gasteiger partial charge in [0.05, 0.1) is 12.8 Å². The molecule has 0 aliphatic carbocycles. The molecule has 1 aromatic heterocycles. The summed E-state index contributed by atoms with van der Waals surface area (Å²) in [6.45, 7) is 1.68. The lowest BCUT2D eigenvalue weighted by Crippen LogP contribution is -2.04. The summed E-state index contributed by atoms with van der Waals surface area (Å²) in [4.78, 5) is 4.12. The summed E-state index contributed by atoms with van der Waals surface area (Å²) in [7, 11) is 1.50. The Morgan fingerprint density at radius 3 is 2.72 bits per heavy atom. The van der Waals surface area contributed by atoms with Gasteiger partial charge >= 0.3 is 0 Å². The average molecular weight is 247 g/mol. The van der Waals surface area contributed by atoms with Crippen molar-refractivity contribution in [3.05, 3.63) is 59.0 Å². The number of halogens is 1. The van der Waals surface area contributed by atoms with E-state index in [1.165, 1.54) is 13.2 Å². The molecule has 2 aromatic rings. The van der Waals surface area contributed by atoms with Crippen molar-refractivity contribution in [1.82, 2.24) is 4.98 Å². The molecule has 0 radical (unpaired) electrons. The van der Waals surface area contributed by atoms with E-state index in [-0.39, 0.29) is 5.82 Å². The second-order valence-corrected chi connectivity index (χ2v) is 4.02. The molecule has 1 unspecified atom stereocenters. The Morgan fingerprint density at radius 1 is 1.28 bits per heavy atom. The van der Waals surface area contributed by atoms with Gasteiger partial charge in [-0.25, -0.2) is 9.37 Å². The van der Waals surface area contributed by atoms with Crippen molar-refractivity contribution in [2.45, 2.75) is 13.0 Å². The zero-order valence-electron chi connectivity index (χ0n) is 10.2. The zero-order chi connectivity index (χ0) is 13.1. The van der Waals surface area contributed by atoms with Crippen LogP contribution < -0.4 is 4.74 Å². The van der Waals surface area contributed by atoms with E-state index in [9.17, 15) is 9.50 Å². The van der Waals surface area contributed by atoms with Crippen LogP contribution in [0.2, 0.25) is 0 Å². The molecule has 94 valence electrons. The molecule has 1 N–H and O–H groups in total. The van der Waals surface area contributed by atoms with Crippen LogP contribution in [0.5, 0.6) is 5.88 Å². The number of methoxy groups -OCH3 is 1. The molecular weight excluding hydrogens is 233 g/mol. The van der Waals surface area contributed by atoms with Gasteiger partial charge in [-0.05, 0) is 30.2 Å². The summed E-state index contributed by atoms with van der Waals surface area (Å²) < 4.78 is 18.4. The third-order valence-electron chi connectivity index (χ3n) is 2.75. The van der Waals surface area contributed by atoms with Gasteiger partial charge in [0, 0.05) is 6.07 Å². The highest BCUT2D eigenvalue weighted by Crippen LogP contribution is 2.23. The molecule has 1 aromatic carbocycles. The highest BCUT2D eigenvalue weighted by molar-refractivity contribution is 5.30. The maximum atomic E-state index is 13.4. The molecule has 2 rings (SSSR count). The molecule has 0 amide bonds. The first kappa shape index (κ1) is 12.5. The third-order valence-corrected chi connectivity index (χ3v) is 2.75. The van der Waals surface area contributed by atoms with E-state index in [0.29, 0.717) is 22.7 Å². The maximum Gasteiger partial charge on any atom is 0.213 e. The quantitative estimate of drug-likeness (QED) is 0.906. The number of aliphatic hydroxyl groups is 1. The summed E-state index contributed by atoms with van der Waals surface area (Å²) in [5.74, 6) is 0.0774. The van der Waals surface area contributed by atoms with E-state index >= 15 is 0 Å². The molecular formula is C14H14FNO2. The van der Waals surface area contributed by atoms with Crippen LogP contribution in [0.3, 0.4) is 0 Å². The van der Waals surface area contributed by atoms with Gasteiger partial charge in [0.15, 0.2) is 0 Å². The molecule has 18 heavy (non-hydrogen) atoms. The van der Waals surface area contributed by atoms with Gasteiger partial charge in [0.1, 0.15) is 11.9 Å². The minimum atomic E-state index is -0.963. The lowest BCUT2D eigenvalue weighted by molar-refractivity contribution is 0.213. The van der Waals surface area contributed by atoms with Crippen LogP contribution >= 0.6 is 0 Å². The fraction of sp³-hybridized carbons (Fsp3) is 0.214. The number of aromatic nitrogens is 1. The smallest absolute Gasteiger partial charge is 0.213 e. The van der Waals surface area contributed by atoms with Crippen molar-refractivity contribution < 1.29 is 14.2 Å². The summed E-state index contributed by atoms with van der Waals surface area (Å²) in [6.07, 6.45) is -0.963. The highest BCUT2D eigenvalue weighted by Gasteiger charge is 2.14. The average Bonchev–Trinajstić information content (AvgIpc) is 2.41. The van der Waals surface area contributed by atoms with Gasteiger partial charge in [-0.15, -0.1) is 0 Å². The summed E-state index contributed by atoms with van der Waals surface area (Å²) in [5, 5.41) is 10.1. The van der Waals surface area contributed by atoms with Gasteiger partial charge < -0.3 is 9.84 Å². The standard InChI is InChI=1S/C14H14FNO2/c1-9-6-7-10(8-11(9)15)14(17)12-4-3-5-13(16-12)18-2/h3-8,14,17H,1-2H3. The van der Waals surface area contributed by atoms with E-state index < -0.39 is 6.10 Å². The summed E-state index contributed by atoms with van der Waals surface area (Å²) >= 11 is 0. The molecule has 0 spiro atoms. The number of aliphatic hydroxyl groups excluding tert-OH is 1. The number of benzene rings is 1. The van der Waals surface area contributed by atoms with Crippen LogP contribution in [-0.2, 0) is 0 Å². The second-order valence-electron chi connectivity index (χ2n) is 4.02. The Morgan fingerprint density at radius 2 is 2.06 bits per heavy atom. The summed E-state index contributed by atoms with van der Waals surface area (Å²) in [5.41, 5.74) is 1.45. The van der Waals surface area contributed by atoms with Gasteiger partial charge in [-0.3, -0.25) is 0 Å². The first-order chi connectivity index (χ1) is 8.61. The SMILES string of the molecule is COc1cccc(C(O)c2ccc(C)c(F)c2)n1. The minimum absolute atomic E-state index is 0.338. The zero-order valence-corrected chi connectivity index (χ0v) is 10.2. The Labute approximate surface area is 105 Å². The fourth-order valence-corrected chi connectivity index (χ4v) is 1.65. The molecule has 0 bridgehead atoms. The molecule has 0 aliphatic heterocycles.